The van der Waals surface area contributed by atoms with E-state index in [4.69, 9.17) is 5.73 Å². The van der Waals surface area contributed by atoms with Crippen LogP contribution in [0.1, 0.15) is 38.3 Å². The molecule has 1 amide bonds. The monoisotopic (exact) mass is 291 g/mol. The average Bonchev–Trinajstić information content (AvgIpc) is 2.46. The lowest BCUT2D eigenvalue weighted by Crippen LogP contribution is -2.37. The van der Waals surface area contributed by atoms with Gasteiger partial charge in [0, 0.05) is 19.6 Å². The molecule has 3 N–H and O–H groups in total. The standard InChI is InChI=1S/C17H29N3O/c1-4-20(13-17(21)19-10-9-14(2)3)12-16-8-6-5-7-15(16)11-18/h5-8,14H,4,9-13,18H2,1-3H3,(H,19,21). The number of nitrogens with one attached hydrogen (secondary N) is 1. The number of rotatable bonds is 9. The van der Waals surface area contributed by atoms with Gasteiger partial charge < -0.3 is 11.1 Å². The van der Waals surface area contributed by atoms with Crippen LogP contribution in [0.15, 0.2) is 24.3 Å². The Kier molecular flexibility index (Phi) is 8.01. The number of benzene rings is 1. The predicted octanol–water partition coefficient (Wildman–Crippen LogP) is 2.13. The van der Waals surface area contributed by atoms with Gasteiger partial charge in [-0.2, -0.15) is 0 Å². The van der Waals surface area contributed by atoms with Crippen molar-refractivity contribution >= 4 is 5.91 Å². The molecule has 0 fully saturated rings. The zero-order chi connectivity index (χ0) is 15.7. The van der Waals surface area contributed by atoms with Crippen molar-refractivity contribution in [1.29, 1.82) is 0 Å². The zero-order valence-electron chi connectivity index (χ0n) is 13.6. The van der Waals surface area contributed by atoms with Gasteiger partial charge in [0.15, 0.2) is 0 Å². The third kappa shape index (κ3) is 6.74. The van der Waals surface area contributed by atoms with Crippen LogP contribution in [-0.4, -0.2) is 30.4 Å². The summed E-state index contributed by atoms with van der Waals surface area (Å²) in [6, 6.07) is 8.15. The lowest BCUT2D eigenvalue weighted by Gasteiger charge is -2.21. The number of nitrogens with two attached hydrogens (primary N) is 1. The van der Waals surface area contributed by atoms with Crippen molar-refractivity contribution in [2.45, 2.75) is 40.3 Å². The van der Waals surface area contributed by atoms with Crippen molar-refractivity contribution in [1.82, 2.24) is 10.2 Å². The molecule has 0 spiro atoms. The number of hydrogen-bond acceptors (Lipinski definition) is 3. The topological polar surface area (TPSA) is 58.4 Å². The Morgan fingerprint density at radius 2 is 1.95 bits per heavy atom. The smallest absolute Gasteiger partial charge is 0.234 e. The predicted molar refractivity (Wildman–Crippen MR) is 87.7 cm³/mol. The van der Waals surface area contributed by atoms with Gasteiger partial charge in [0.05, 0.1) is 6.54 Å². The van der Waals surface area contributed by atoms with Crippen LogP contribution in [0.25, 0.3) is 0 Å². The molecule has 21 heavy (non-hydrogen) atoms. The first-order valence-electron chi connectivity index (χ1n) is 7.82. The Bertz CT molecular complexity index is 432. The van der Waals surface area contributed by atoms with Crippen molar-refractivity contribution < 1.29 is 4.79 Å². The summed E-state index contributed by atoms with van der Waals surface area (Å²) in [7, 11) is 0. The average molecular weight is 291 g/mol. The first-order chi connectivity index (χ1) is 10.1. The Labute approximate surface area is 128 Å². The number of carbonyl (C=O) groups excluding carboxylic acids is 1. The quantitative estimate of drug-likeness (QED) is 0.733. The molecule has 0 saturated carbocycles. The highest BCUT2D eigenvalue weighted by atomic mass is 16.2. The van der Waals surface area contributed by atoms with E-state index in [9.17, 15) is 4.79 Å². The Hall–Kier alpha value is -1.39. The highest BCUT2D eigenvalue weighted by molar-refractivity contribution is 5.77. The molecule has 4 heteroatoms. The normalized spacial score (nSPS) is 11.1. The fraction of sp³-hybridized carbons (Fsp3) is 0.588. The maximum Gasteiger partial charge on any atom is 0.234 e. The molecular weight excluding hydrogens is 262 g/mol. The molecule has 1 rings (SSSR count). The van der Waals surface area contributed by atoms with Gasteiger partial charge in [-0.1, -0.05) is 45.0 Å². The molecule has 0 saturated heterocycles. The first kappa shape index (κ1) is 17.7. The van der Waals surface area contributed by atoms with Gasteiger partial charge in [0.1, 0.15) is 0 Å². The molecule has 4 nitrogen and oxygen atoms in total. The number of likely N-dealkylation sites (N-methyl/N-ethyl adjacent to an activating group) is 1. The Morgan fingerprint density at radius 3 is 2.52 bits per heavy atom. The molecule has 1 aromatic rings. The van der Waals surface area contributed by atoms with Crippen LogP contribution in [0.3, 0.4) is 0 Å². The summed E-state index contributed by atoms with van der Waals surface area (Å²) in [6.07, 6.45) is 1.02. The van der Waals surface area contributed by atoms with E-state index >= 15 is 0 Å². The molecule has 118 valence electrons. The highest BCUT2D eigenvalue weighted by Crippen LogP contribution is 2.11. The van der Waals surface area contributed by atoms with E-state index in [1.54, 1.807) is 0 Å². The van der Waals surface area contributed by atoms with Crippen LogP contribution in [0.2, 0.25) is 0 Å². The highest BCUT2D eigenvalue weighted by Gasteiger charge is 2.11. The van der Waals surface area contributed by atoms with Gasteiger partial charge in [0.25, 0.3) is 0 Å². The SMILES string of the molecule is CCN(CC(=O)NCCC(C)C)Cc1ccccc1CN. The van der Waals surface area contributed by atoms with Crippen molar-refractivity contribution in [3.8, 4) is 0 Å². The van der Waals surface area contributed by atoms with Gasteiger partial charge in [-0.3, -0.25) is 9.69 Å². The number of carbonyl (C=O) groups is 1. The lowest BCUT2D eigenvalue weighted by molar-refractivity contribution is -0.122. The summed E-state index contributed by atoms with van der Waals surface area (Å²) in [5.41, 5.74) is 8.12. The van der Waals surface area contributed by atoms with Crippen LogP contribution in [0, 0.1) is 5.92 Å². The second kappa shape index (κ2) is 9.53. The summed E-state index contributed by atoms with van der Waals surface area (Å²) in [6.45, 7) is 9.74. The van der Waals surface area contributed by atoms with E-state index in [2.05, 4.69) is 37.1 Å². The van der Waals surface area contributed by atoms with Gasteiger partial charge in [-0.25, -0.2) is 0 Å². The van der Waals surface area contributed by atoms with Crippen molar-refractivity contribution in [3.05, 3.63) is 35.4 Å². The van der Waals surface area contributed by atoms with Gasteiger partial charge in [0.2, 0.25) is 5.91 Å². The summed E-state index contributed by atoms with van der Waals surface area (Å²) >= 11 is 0. The molecule has 0 heterocycles. The molecule has 0 radical (unpaired) electrons. The lowest BCUT2D eigenvalue weighted by atomic mass is 10.1. The molecular formula is C17H29N3O. The maximum absolute atomic E-state index is 12.0. The van der Waals surface area contributed by atoms with E-state index in [0.29, 0.717) is 19.0 Å². The molecule has 0 atom stereocenters. The van der Waals surface area contributed by atoms with Gasteiger partial charge in [-0.05, 0) is 30.0 Å². The van der Waals surface area contributed by atoms with Crippen LogP contribution < -0.4 is 11.1 Å². The summed E-state index contributed by atoms with van der Waals surface area (Å²) in [5, 5.41) is 2.99. The Morgan fingerprint density at radius 1 is 1.29 bits per heavy atom. The summed E-state index contributed by atoms with van der Waals surface area (Å²) < 4.78 is 0. The van der Waals surface area contributed by atoms with Crippen LogP contribution in [-0.2, 0) is 17.9 Å². The number of amides is 1. The third-order valence-electron chi connectivity index (χ3n) is 3.59. The van der Waals surface area contributed by atoms with Crippen LogP contribution >= 0.6 is 0 Å². The van der Waals surface area contributed by atoms with E-state index in [1.807, 2.05) is 18.2 Å². The van der Waals surface area contributed by atoms with Crippen molar-refractivity contribution in [3.63, 3.8) is 0 Å². The maximum atomic E-state index is 12.0. The molecule has 0 bridgehead atoms. The van der Waals surface area contributed by atoms with Crippen LogP contribution in [0.4, 0.5) is 0 Å². The van der Waals surface area contributed by atoms with E-state index in [0.717, 1.165) is 31.6 Å². The van der Waals surface area contributed by atoms with Crippen molar-refractivity contribution in [2.75, 3.05) is 19.6 Å². The van der Waals surface area contributed by atoms with Gasteiger partial charge >= 0.3 is 0 Å². The fourth-order valence-electron chi connectivity index (χ4n) is 2.19. The first-order valence-corrected chi connectivity index (χ1v) is 7.82. The summed E-state index contributed by atoms with van der Waals surface area (Å²) in [4.78, 5) is 14.1. The van der Waals surface area contributed by atoms with Crippen molar-refractivity contribution in [2.24, 2.45) is 11.7 Å². The fourth-order valence-corrected chi connectivity index (χ4v) is 2.19. The van der Waals surface area contributed by atoms with Crippen LogP contribution in [0.5, 0.6) is 0 Å². The second-order valence-electron chi connectivity index (χ2n) is 5.81. The largest absolute Gasteiger partial charge is 0.355 e. The van der Waals surface area contributed by atoms with E-state index < -0.39 is 0 Å². The Balaban J connectivity index is 2.49. The van der Waals surface area contributed by atoms with Gasteiger partial charge in [-0.15, -0.1) is 0 Å². The molecule has 1 aromatic carbocycles. The zero-order valence-corrected chi connectivity index (χ0v) is 13.6. The minimum absolute atomic E-state index is 0.0997. The van der Waals surface area contributed by atoms with E-state index in [1.165, 1.54) is 5.56 Å². The molecule has 0 aliphatic rings. The minimum atomic E-state index is 0.0997. The molecule has 0 aliphatic heterocycles. The number of hydrogen-bond donors (Lipinski definition) is 2. The third-order valence-corrected chi connectivity index (χ3v) is 3.59. The molecule has 0 unspecified atom stereocenters. The van der Waals surface area contributed by atoms with E-state index in [-0.39, 0.29) is 5.91 Å². The minimum Gasteiger partial charge on any atom is -0.355 e. The summed E-state index contributed by atoms with van der Waals surface area (Å²) in [5.74, 6) is 0.715. The molecule has 0 aliphatic carbocycles. The molecule has 0 aromatic heterocycles. The number of nitrogens with zero attached hydrogens (tertiary/aromatic N) is 1. The second-order valence-corrected chi connectivity index (χ2v) is 5.81.